The quantitative estimate of drug-likeness (QED) is 0.318. The number of carbonyl (C=O) groups is 1. The van der Waals surface area contributed by atoms with Crippen LogP contribution in [0.2, 0.25) is 0 Å². The summed E-state index contributed by atoms with van der Waals surface area (Å²) in [5.41, 5.74) is 0.946. The first kappa shape index (κ1) is 31.7. The number of rotatable bonds is 10. The van der Waals surface area contributed by atoms with E-state index in [0.29, 0.717) is 25.2 Å². The maximum atomic E-state index is 14.8. The van der Waals surface area contributed by atoms with Crippen molar-refractivity contribution in [3.8, 4) is 5.75 Å². The van der Waals surface area contributed by atoms with Crippen molar-refractivity contribution in [3.63, 3.8) is 0 Å². The monoisotopic (exact) mass is 610 g/mol. The molecular weight excluding hydrogens is 572 g/mol. The normalized spacial score (nSPS) is 17.0. The fraction of sp³-hybridized carbons (Fsp3) is 0.382. The van der Waals surface area contributed by atoms with Gasteiger partial charge >= 0.3 is 0 Å². The highest BCUT2D eigenvalue weighted by atomic mass is 19.1. The molecule has 44 heavy (non-hydrogen) atoms. The predicted octanol–water partition coefficient (Wildman–Crippen LogP) is 5.25. The molecule has 0 radical (unpaired) electrons. The number of nitrogens with zero attached hydrogens (tertiary/aromatic N) is 3. The second-order valence-corrected chi connectivity index (χ2v) is 11.4. The van der Waals surface area contributed by atoms with Crippen molar-refractivity contribution >= 4 is 12.0 Å². The van der Waals surface area contributed by atoms with Crippen LogP contribution in [0, 0.1) is 23.3 Å². The van der Waals surface area contributed by atoms with Crippen LogP contribution >= 0.6 is 0 Å². The van der Waals surface area contributed by atoms with Crippen LogP contribution in [-0.2, 0) is 4.79 Å². The average molecular weight is 611 g/mol. The van der Waals surface area contributed by atoms with Gasteiger partial charge in [-0.3, -0.25) is 14.6 Å². The number of carbonyl (C=O) groups excluding carboxylic acids is 1. The lowest BCUT2D eigenvalue weighted by Crippen LogP contribution is -2.50. The van der Waals surface area contributed by atoms with Crippen LogP contribution in [0.15, 0.2) is 66.7 Å². The van der Waals surface area contributed by atoms with Crippen molar-refractivity contribution in [3.05, 3.63) is 107 Å². The minimum Gasteiger partial charge on any atom is -0.490 e. The Hall–Kier alpha value is -3.73. The summed E-state index contributed by atoms with van der Waals surface area (Å²) in [6, 6.07) is 12.8. The molecule has 234 valence electrons. The molecule has 6 nitrogen and oxygen atoms in total. The fourth-order valence-corrected chi connectivity index (χ4v) is 5.71. The molecule has 0 saturated carbocycles. The smallest absolute Gasteiger partial charge is 0.237 e. The van der Waals surface area contributed by atoms with E-state index in [0.717, 1.165) is 69.0 Å². The maximum Gasteiger partial charge on any atom is 0.237 e. The Labute approximate surface area is 255 Å². The number of hydrogen-bond acceptors (Lipinski definition) is 5. The standard InChI is InChI=1S/C34H38F4N4O2/c1-40(34(29-10-6-25(35)21-31(29)37)30-11-7-26(36)22-32(30)38)33(43)23-42-19-17-41(18-20-42)16-2-3-24-4-8-27(9-5-24)44-28-12-14-39-15-13-28/h2-11,21-22,28,34,39H,12-20,23H2,1H3/b3-2+. The predicted molar refractivity (Wildman–Crippen MR) is 162 cm³/mol. The van der Waals surface area contributed by atoms with Gasteiger partial charge < -0.3 is 15.0 Å². The van der Waals surface area contributed by atoms with Crippen LogP contribution in [0.3, 0.4) is 0 Å². The number of ether oxygens (including phenoxy) is 1. The Balaban J connectivity index is 1.13. The van der Waals surface area contributed by atoms with E-state index in [1.54, 1.807) is 0 Å². The van der Waals surface area contributed by atoms with Gasteiger partial charge in [0, 0.05) is 63.0 Å². The van der Waals surface area contributed by atoms with E-state index in [4.69, 9.17) is 4.74 Å². The molecule has 3 aromatic rings. The fourth-order valence-electron chi connectivity index (χ4n) is 5.71. The van der Waals surface area contributed by atoms with Crippen LogP contribution in [0.25, 0.3) is 6.08 Å². The van der Waals surface area contributed by atoms with Crippen molar-refractivity contribution in [2.75, 3.05) is 59.4 Å². The Morgan fingerprint density at radius 2 is 1.45 bits per heavy atom. The lowest BCUT2D eigenvalue weighted by Gasteiger charge is -2.36. The molecule has 1 amide bonds. The topological polar surface area (TPSA) is 48.1 Å². The number of halogens is 4. The second kappa shape index (κ2) is 14.8. The molecule has 2 fully saturated rings. The molecule has 5 rings (SSSR count). The first-order valence-corrected chi connectivity index (χ1v) is 15.0. The minimum absolute atomic E-state index is 0.0497. The van der Waals surface area contributed by atoms with E-state index in [1.165, 1.54) is 24.1 Å². The average Bonchev–Trinajstić information content (AvgIpc) is 3.01. The van der Waals surface area contributed by atoms with Gasteiger partial charge in [0.2, 0.25) is 5.91 Å². The molecule has 1 N–H and O–H groups in total. The third-order valence-electron chi connectivity index (χ3n) is 8.26. The zero-order valence-corrected chi connectivity index (χ0v) is 24.8. The highest BCUT2D eigenvalue weighted by Gasteiger charge is 2.30. The molecule has 0 aromatic heterocycles. The SMILES string of the molecule is CN(C(=O)CN1CCN(C/C=C/c2ccc(OC3CCNCC3)cc2)CC1)C(c1ccc(F)cc1F)c1ccc(F)cc1F. The largest absolute Gasteiger partial charge is 0.490 e. The molecular formula is C34H38F4N4O2. The van der Waals surface area contributed by atoms with E-state index in [1.807, 2.05) is 17.0 Å². The maximum absolute atomic E-state index is 14.8. The Morgan fingerprint density at radius 1 is 0.886 bits per heavy atom. The van der Waals surface area contributed by atoms with Gasteiger partial charge in [-0.1, -0.05) is 36.4 Å². The zero-order chi connectivity index (χ0) is 31.1. The molecule has 2 aliphatic rings. The van der Waals surface area contributed by atoms with Gasteiger partial charge in [-0.15, -0.1) is 0 Å². The summed E-state index contributed by atoms with van der Waals surface area (Å²) in [7, 11) is 1.45. The second-order valence-electron chi connectivity index (χ2n) is 11.4. The van der Waals surface area contributed by atoms with Crippen molar-refractivity contribution in [1.29, 1.82) is 0 Å². The van der Waals surface area contributed by atoms with Crippen molar-refractivity contribution in [1.82, 2.24) is 20.0 Å². The number of amides is 1. The number of benzene rings is 3. The van der Waals surface area contributed by atoms with Gasteiger partial charge in [0.15, 0.2) is 0 Å². The van der Waals surface area contributed by atoms with Gasteiger partial charge in [-0.25, -0.2) is 17.6 Å². The molecule has 2 saturated heterocycles. The number of hydrogen-bond donors (Lipinski definition) is 1. The van der Waals surface area contributed by atoms with Gasteiger partial charge in [-0.05, 0) is 55.8 Å². The van der Waals surface area contributed by atoms with Crippen LogP contribution < -0.4 is 10.1 Å². The molecule has 0 aliphatic carbocycles. The number of likely N-dealkylation sites (N-methyl/N-ethyl adjacent to an activating group) is 1. The molecule has 10 heteroatoms. The summed E-state index contributed by atoms with van der Waals surface area (Å²) >= 11 is 0. The zero-order valence-electron chi connectivity index (χ0n) is 24.8. The van der Waals surface area contributed by atoms with Gasteiger partial charge in [0.1, 0.15) is 35.1 Å². The summed E-state index contributed by atoms with van der Waals surface area (Å²) in [6.45, 7) is 5.61. The first-order chi connectivity index (χ1) is 21.3. The van der Waals surface area contributed by atoms with E-state index in [-0.39, 0.29) is 29.7 Å². The van der Waals surface area contributed by atoms with Crippen molar-refractivity contribution in [2.24, 2.45) is 0 Å². The Kier molecular flexibility index (Phi) is 10.7. The summed E-state index contributed by atoms with van der Waals surface area (Å²) in [6.07, 6.45) is 6.51. The summed E-state index contributed by atoms with van der Waals surface area (Å²) in [5, 5.41) is 3.34. The highest BCUT2D eigenvalue weighted by molar-refractivity contribution is 5.79. The molecule has 2 aliphatic heterocycles. The van der Waals surface area contributed by atoms with E-state index in [9.17, 15) is 22.4 Å². The van der Waals surface area contributed by atoms with Crippen molar-refractivity contribution in [2.45, 2.75) is 25.0 Å². The highest BCUT2D eigenvalue weighted by Crippen LogP contribution is 2.32. The van der Waals surface area contributed by atoms with Crippen molar-refractivity contribution < 1.29 is 27.1 Å². The molecule has 0 bridgehead atoms. The van der Waals surface area contributed by atoms with E-state index in [2.05, 4.69) is 34.5 Å². The third kappa shape index (κ3) is 8.25. The van der Waals surface area contributed by atoms with E-state index >= 15 is 0 Å². The number of nitrogens with one attached hydrogen (secondary N) is 1. The summed E-state index contributed by atoms with van der Waals surface area (Å²) in [5.74, 6) is -2.88. The van der Waals surface area contributed by atoms with Crippen LogP contribution in [-0.4, -0.2) is 86.1 Å². The lowest BCUT2D eigenvalue weighted by molar-refractivity contribution is -0.133. The minimum atomic E-state index is -1.19. The van der Waals surface area contributed by atoms with Crippen LogP contribution in [0.1, 0.15) is 35.6 Å². The number of piperazine rings is 1. The lowest BCUT2D eigenvalue weighted by atomic mass is 9.96. The third-order valence-corrected chi connectivity index (χ3v) is 8.26. The van der Waals surface area contributed by atoms with Gasteiger partial charge in [0.25, 0.3) is 0 Å². The molecule has 0 spiro atoms. The molecule has 2 heterocycles. The van der Waals surface area contributed by atoms with Gasteiger partial charge in [0.05, 0.1) is 12.6 Å². The molecule has 0 unspecified atom stereocenters. The molecule has 3 aromatic carbocycles. The Bertz CT molecular complexity index is 1390. The summed E-state index contributed by atoms with van der Waals surface area (Å²) < 4.78 is 63.0. The van der Waals surface area contributed by atoms with Crippen LogP contribution in [0.4, 0.5) is 17.6 Å². The van der Waals surface area contributed by atoms with Crippen LogP contribution in [0.5, 0.6) is 5.75 Å². The summed E-state index contributed by atoms with van der Waals surface area (Å²) in [4.78, 5) is 18.9. The molecule has 0 atom stereocenters. The Morgan fingerprint density at radius 3 is 2.02 bits per heavy atom. The van der Waals surface area contributed by atoms with Gasteiger partial charge in [-0.2, -0.15) is 0 Å². The number of piperidine rings is 1. The van der Waals surface area contributed by atoms with E-state index < -0.39 is 29.3 Å². The first-order valence-electron chi connectivity index (χ1n) is 15.0.